The predicted octanol–water partition coefficient (Wildman–Crippen LogP) is 3.98. The summed E-state index contributed by atoms with van der Waals surface area (Å²) in [5, 5.41) is 0. The van der Waals surface area contributed by atoms with Gasteiger partial charge >= 0.3 is 6.03 Å². The number of amides is 2. The van der Waals surface area contributed by atoms with Gasteiger partial charge in [0.15, 0.2) is 0 Å². The fraction of sp³-hybridized carbons (Fsp3) is 0.316. The largest absolute Gasteiger partial charge is 0.329 e. The van der Waals surface area contributed by atoms with Crippen molar-refractivity contribution in [1.29, 1.82) is 0 Å². The van der Waals surface area contributed by atoms with E-state index < -0.39 is 0 Å². The molecule has 2 aliphatic heterocycles. The van der Waals surface area contributed by atoms with Crippen LogP contribution in [-0.4, -0.2) is 18.6 Å². The maximum Gasteiger partial charge on any atom is 0.329 e. The van der Waals surface area contributed by atoms with Crippen LogP contribution in [-0.2, 0) is 6.42 Å². The van der Waals surface area contributed by atoms with Crippen molar-refractivity contribution in [2.45, 2.75) is 33.2 Å². The second-order valence-corrected chi connectivity index (χ2v) is 6.50. The van der Waals surface area contributed by atoms with Crippen molar-refractivity contribution in [1.82, 2.24) is 0 Å². The van der Waals surface area contributed by atoms with Crippen molar-refractivity contribution in [2.75, 3.05) is 16.3 Å². The third-order valence-electron chi connectivity index (χ3n) is 4.81. The van der Waals surface area contributed by atoms with E-state index in [1.54, 1.807) is 0 Å². The molecule has 2 heterocycles. The zero-order valence-corrected chi connectivity index (χ0v) is 13.3. The molecule has 1 fully saturated rings. The number of urea groups is 1. The van der Waals surface area contributed by atoms with E-state index in [1.807, 2.05) is 15.9 Å². The molecule has 2 aromatic carbocycles. The van der Waals surface area contributed by atoms with Gasteiger partial charge in [0.1, 0.15) is 0 Å². The molecule has 2 aliphatic rings. The molecule has 0 bridgehead atoms. The summed E-state index contributed by atoms with van der Waals surface area (Å²) in [4.78, 5) is 16.9. The minimum atomic E-state index is 0.116. The first-order valence-electron chi connectivity index (χ1n) is 7.83. The Morgan fingerprint density at radius 1 is 1.05 bits per heavy atom. The number of para-hydroxylation sites is 1. The van der Waals surface area contributed by atoms with Crippen molar-refractivity contribution < 1.29 is 4.79 Å². The standard InChI is InChI=1S/C19H20N2O/c1-12-8-13(2)18(14(3)9-12)20-11-16-10-15-6-4-5-7-17(15)21(16)19(20)22/h4-9,16H,10-11H2,1-3H3. The normalized spacial score (nSPS) is 19.6. The second-order valence-electron chi connectivity index (χ2n) is 6.50. The topological polar surface area (TPSA) is 23.6 Å². The Kier molecular flexibility index (Phi) is 2.80. The zero-order valence-electron chi connectivity index (χ0n) is 13.3. The van der Waals surface area contributed by atoms with Crippen LogP contribution in [0.4, 0.5) is 16.2 Å². The maximum atomic E-state index is 13.0. The molecule has 1 unspecified atom stereocenters. The fourth-order valence-electron chi connectivity index (χ4n) is 4.07. The predicted molar refractivity (Wildman–Crippen MR) is 89.8 cm³/mol. The first-order valence-corrected chi connectivity index (χ1v) is 7.83. The Hall–Kier alpha value is -2.29. The third-order valence-corrected chi connectivity index (χ3v) is 4.81. The van der Waals surface area contributed by atoms with E-state index in [0.29, 0.717) is 0 Å². The van der Waals surface area contributed by atoms with Crippen molar-refractivity contribution in [3.05, 3.63) is 58.7 Å². The van der Waals surface area contributed by atoms with Gasteiger partial charge in [-0.2, -0.15) is 0 Å². The van der Waals surface area contributed by atoms with Gasteiger partial charge in [0, 0.05) is 12.2 Å². The summed E-state index contributed by atoms with van der Waals surface area (Å²) in [6.45, 7) is 7.07. The third kappa shape index (κ3) is 1.78. The number of anilines is 2. The molecular weight excluding hydrogens is 272 g/mol. The van der Waals surface area contributed by atoms with E-state index in [0.717, 1.165) is 24.3 Å². The molecule has 1 saturated heterocycles. The molecule has 0 radical (unpaired) electrons. The monoisotopic (exact) mass is 292 g/mol. The summed E-state index contributed by atoms with van der Waals surface area (Å²) in [6.07, 6.45) is 0.961. The lowest BCUT2D eigenvalue weighted by Gasteiger charge is -2.22. The van der Waals surface area contributed by atoms with Gasteiger partial charge in [0.05, 0.1) is 11.7 Å². The molecule has 2 amide bonds. The number of benzene rings is 2. The van der Waals surface area contributed by atoms with E-state index in [-0.39, 0.29) is 12.1 Å². The van der Waals surface area contributed by atoms with E-state index >= 15 is 0 Å². The van der Waals surface area contributed by atoms with Crippen LogP contribution in [0.3, 0.4) is 0 Å². The molecule has 0 aliphatic carbocycles. The number of fused-ring (bicyclic) bond motifs is 3. The minimum absolute atomic E-state index is 0.116. The summed E-state index contributed by atoms with van der Waals surface area (Å²) in [5.74, 6) is 0. The molecule has 112 valence electrons. The number of aryl methyl sites for hydroxylation is 3. The molecule has 3 nitrogen and oxygen atoms in total. The first-order chi connectivity index (χ1) is 10.6. The first kappa shape index (κ1) is 13.4. The quantitative estimate of drug-likeness (QED) is 0.779. The van der Waals surface area contributed by atoms with E-state index in [9.17, 15) is 4.79 Å². The van der Waals surface area contributed by atoms with Gasteiger partial charge in [-0.05, 0) is 49.9 Å². The van der Waals surface area contributed by atoms with Crippen molar-refractivity contribution in [3.8, 4) is 0 Å². The molecular formula is C19H20N2O. The molecule has 0 saturated carbocycles. The highest BCUT2D eigenvalue weighted by Gasteiger charge is 2.44. The number of rotatable bonds is 1. The van der Waals surface area contributed by atoms with Crippen molar-refractivity contribution in [3.63, 3.8) is 0 Å². The smallest absolute Gasteiger partial charge is 0.291 e. The Morgan fingerprint density at radius 3 is 2.45 bits per heavy atom. The van der Waals surface area contributed by atoms with Crippen LogP contribution in [0.5, 0.6) is 0 Å². The average molecular weight is 292 g/mol. The van der Waals surface area contributed by atoms with Gasteiger partial charge in [-0.3, -0.25) is 9.80 Å². The SMILES string of the molecule is Cc1cc(C)c(N2CC3Cc4ccccc4N3C2=O)c(C)c1. The second kappa shape index (κ2) is 4.60. The highest BCUT2D eigenvalue weighted by atomic mass is 16.2. The molecule has 22 heavy (non-hydrogen) atoms. The number of hydrogen-bond acceptors (Lipinski definition) is 1. The summed E-state index contributed by atoms with van der Waals surface area (Å²) in [5.41, 5.74) is 7.07. The lowest BCUT2D eigenvalue weighted by Crippen LogP contribution is -2.33. The number of carbonyl (C=O) groups excluding carboxylic acids is 1. The van der Waals surface area contributed by atoms with Crippen LogP contribution in [0.2, 0.25) is 0 Å². The molecule has 3 heteroatoms. The Morgan fingerprint density at radius 2 is 1.73 bits per heavy atom. The van der Waals surface area contributed by atoms with Crippen molar-refractivity contribution in [2.24, 2.45) is 0 Å². The Labute approximate surface area is 131 Å². The lowest BCUT2D eigenvalue weighted by atomic mass is 10.0. The van der Waals surface area contributed by atoms with Gasteiger partial charge < -0.3 is 0 Å². The summed E-state index contributed by atoms with van der Waals surface area (Å²) in [7, 11) is 0. The lowest BCUT2D eigenvalue weighted by molar-refractivity contribution is 0.255. The van der Waals surface area contributed by atoms with Crippen molar-refractivity contribution >= 4 is 17.4 Å². The number of carbonyl (C=O) groups is 1. The van der Waals surface area contributed by atoms with Crippen LogP contribution in [0.25, 0.3) is 0 Å². The number of nitrogens with zero attached hydrogens (tertiary/aromatic N) is 2. The van der Waals surface area contributed by atoms with Gasteiger partial charge in [0.25, 0.3) is 0 Å². The molecule has 4 rings (SSSR count). The van der Waals surface area contributed by atoms with E-state index in [1.165, 1.54) is 22.3 Å². The van der Waals surface area contributed by atoms with E-state index in [4.69, 9.17) is 0 Å². The van der Waals surface area contributed by atoms with Crippen LogP contribution < -0.4 is 9.80 Å². The molecule has 0 spiro atoms. The zero-order chi connectivity index (χ0) is 15.4. The van der Waals surface area contributed by atoms with Crippen LogP contribution >= 0.6 is 0 Å². The van der Waals surface area contributed by atoms with Gasteiger partial charge in [-0.15, -0.1) is 0 Å². The highest BCUT2D eigenvalue weighted by Crippen LogP contribution is 2.39. The number of hydrogen-bond donors (Lipinski definition) is 0. The van der Waals surface area contributed by atoms with Gasteiger partial charge in [0.2, 0.25) is 0 Å². The van der Waals surface area contributed by atoms with E-state index in [2.05, 4.69) is 51.1 Å². The summed E-state index contributed by atoms with van der Waals surface area (Å²) >= 11 is 0. The Balaban J connectivity index is 1.76. The molecule has 0 N–H and O–H groups in total. The van der Waals surface area contributed by atoms with Gasteiger partial charge in [-0.25, -0.2) is 4.79 Å². The molecule has 1 atom stereocenters. The average Bonchev–Trinajstić information content (AvgIpc) is 2.96. The Bertz CT molecular complexity index is 758. The summed E-state index contributed by atoms with van der Waals surface area (Å²) in [6, 6.07) is 13.0. The van der Waals surface area contributed by atoms with Crippen LogP contribution in [0.15, 0.2) is 36.4 Å². The maximum absolute atomic E-state index is 13.0. The fourth-order valence-corrected chi connectivity index (χ4v) is 4.07. The highest BCUT2D eigenvalue weighted by molar-refractivity contribution is 6.09. The summed E-state index contributed by atoms with van der Waals surface area (Å²) < 4.78 is 0. The minimum Gasteiger partial charge on any atom is -0.291 e. The van der Waals surface area contributed by atoms with Crippen LogP contribution in [0.1, 0.15) is 22.3 Å². The molecule has 2 aromatic rings. The van der Waals surface area contributed by atoms with Gasteiger partial charge in [-0.1, -0.05) is 35.9 Å². The van der Waals surface area contributed by atoms with Crippen LogP contribution in [0, 0.1) is 20.8 Å². The molecule has 0 aromatic heterocycles.